The standard InChI is InChI=1S/C12H15N3O/c1-9-8-12(2,16)15(14-9)11(13)10-6-4-3-5-7-10/h3-7,13,16H,8H2,1-2H3. The van der Waals surface area contributed by atoms with Gasteiger partial charge in [0.05, 0.1) is 0 Å². The Kier molecular flexibility index (Phi) is 2.52. The summed E-state index contributed by atoms with van der Waals surface area (Å²) in [5.41, 5.74) is 0.503. The Morgan fingerprint density at radius 3 is 2.56 bits per heavy atom. The van der Waals surface area contributed by atoms with Crippen LogP contribution in [0.5, 0.6) is 0 Å². The van der Waals surface area contributed by atoms with Crippen molar-refractivity contribution in [3.63, 3.8) is 0 Å². The Balaban J connectivity index is 2.30. The Hall–Kier alpha value is -1.68. The van der Waals surface area contributed by atoms with Gasteiger partial charge in [0, 0.05) is 17.7 Å². The average Bonchev–Trinajstić information content (AvgIpc) is 2.52. The molecule has 4 heteroatoms. The summed E-state index contributed by atoms with van der Waals surface area (Å²) in [6.45, 7) is 3.53. The van der Waals surface area contributed by atoms with Gasteiger partial charge in [-0.05, 0) is 13.8 Å². The zero-order valence-corrected chi connectivity index (χ0v) is 9.44. The lowest BCUT2D eigenvalue weighted by Crippen LogP contribution is -2.43. The SMILES string of the molecule is CC1=NN(C(=N)c2ccccc2)C(C)(O)C1. The van der Waals surface area contributed by atoms with Crippen molar-refractivity contribution in [1.82, 2.24) is 5.01 Å². The van der Waals surface area contributed by atoms with Gasteiger partial charge < -0.3 is 5.11 Å². The lowest BCUT2D eigenvalue weighted by Gasteiger charge is -2.28. The normalized spacial score (nSPS) is 24.4. The molecular formula is C12H15N3O. The van der Waals surface area contributed by atoms with Crippen molar-refractivity contribution in [3.05, 3.63) is 35.9 Å². The first-order chi connectivity index (χ1) is 7.50. The van der Waals surface area contributed by atoms with E-state index in [0.29, 0.717) is 6.42 Å². The van der Waals surface area contributed by atoms with E-state index in [9.17, 15) is 5.11 Å². The molecule has 1 heterocycles. The van der Waals surface area contributed by atoms with Gasteiger partial charge in [0.25, 0.3) is 0 Å². The highest BCUT2D eigenvalue weighted by Crippen LogP contribution is 2.26. The fourth-order valence-electron chi connectivity index (χ4n) is 1.88. The van der Waals surface area contributed by atoms with Crippen LogP contribution in [-0.4, -0.2) is 27.4 Å². The minimum absolute atomic E-state index is 0.224. The van der Waals surface area contributed by atoms with Crippen LogP contribution in [0.4, 0.5) is 0 Å². The Labute approximate surface area is 94.7 Å². The third kappa shape index (κ3) is 1.84. The second kappa shape index (κ2) is 3.72. The third-order valence-corrected chi connectivity index (χ3v) is 2.58. The van der Waals surface area contributed by atoms with E-state index >= 15 is 0 Å². The highest BCUT2D eigenvalue weighted by molar-refractivity contribution is 5.99. The van der Waals surface area contributed by atoms with Crippen LogP contribution in [0.3, 0.4) is 0 Å². The van der Waals surface area contributed by atoms with Crippen molar-refractivity contribution in [2.75, 3.05) is 0 Å². The summed E-state index contributed by atoms with van der Waals surface area (Å²) < 4.78 is 0. The van der Waals surface area contributed by atoms with E-state index in [-0.39, 0.29) is 5.84 Å². The van der Waals surface area contributed by atoms with Gasteiger partial charge in [-0.2, -0.15) is 5.10 Å². The highest BCUT2D eigenvalue weighted by Gasteiger charge is 2.37. The second-order valence-electron chi connectivity index (χ2n) is 4.26. The van der Waals surface area contributed by atoms with E-state index in [4.69, 9.17) is 5.41 Å². The number of hydrogen-bond acceptors (Lipinski definition) is 3. The van der Waals surface area contributed by atoms with Gasteiger partial charge in [0.15, 0.2) is 11.6 Å². The van der Waals surface area contributed by atoms with E-state index in [2.05, 4.69) is 5.10 Å². The number of hydrazone groups is 1. The number of nitrogens with one attached hydrogen (secondary N) is 1. The van der Waals surface area contributed by atoms with E-state index in [1.54, 1.807) is 6.92 Å². The molecule has 0 bridgehead atoms. The van der Waals surface area contributed by atoms with Crippen LogP contribution in [0.1, 0.15) is 25.8 Å². The molecule has 84 valence electrons. The molecule has 1 aliphatic rings. The van der Waals surface area contributed by atoms with E-state index in [0.717, 1.165) is 11.3 Å². The van der Waals surface area contributed by atoms with E-state index in [1.807, 2.05) is 37.3 Å². The van der Waals surface area contributed by atoms with E-state index in [1.165, 1.54) is 5.01 Å². The van der Waals surface area contributed by atoms with Gasteiger partial charge in [0.2, 0.25) is 0 Å². The third-order valence-electron chi connectivity index (χ3n) is 2.58. The number of benzene rings is 1. The van der Waals surface area contributed by atoms with Gasteiger partial charge in [0.1, 0.15) is 0 Å². The largest absolute Gasteiger partial charge is 0.369 e. The van der Waals surface area contributed by atoms with Gasteiger partial charge >= 0.3 is 0 Å². The van der Waals surface area contributed by atoms with Crippen molar-refractivity contribution >= 4 is 11.5 Å². The molecule has 4 nitrogen and oxygen atoms in total. The fraction of sp³-hybridized carbons (Fsp3) is 0.333. The fourth-order valence-corrected chi connectivity index (χ4v) is 1.88. The Morgan fingerprint density at radius 1 is 1.44 bits per heavy atom. The molecular weight excluding hydrogens is 202 g/mol. The molecule has 1 unspecified atom stereocenters. The molecule has 0 aromatic heterocycles. The molecule has 1 aromatic carbocycles. The van der Waals surface area contributed by atoms with Crippen LogP contribution in [0.15, 0.2) is 35.4 Å². The summed E-state index contributed by atoms with van der Waals surface area (Å²) >= 11 is 0. The van der Waals surface area contributed by atoms with Crippen LogP contribution < -0.4 is 0 Å². The molecule has 1 aliphatic heterocycles. The minimum Gasteiger partial charge on any atom is -0.369 e. The lowest BCUT2D eigenvalue weighted by atomic mass is 10.1. The number of rotatable bonds is 1. The average molecular weight is 217 g/mol. The number of amidine groups is 1. The van der Waals surface area contributed by atoms with Crippen LogP contribution in [-0.2, 0) is 0 Å². The topological polar surface area (TPSA) is 59.7 Å². The molecule has 0 saturated carbocycles. The Morgan fingerprint density at radius 2 is 2.06 bits per heavy atom. The maximum atomic E-state index is 10.1. The molecule has 0 amide bonds. The van der Waals surface area contributed by atoms with Crippen LogP contribution in [0.25, 0.3) is 0 Å². The van der Waals surface area contributed by atoms with Crippen LogP contribution >= 0.6 is 0 Å². The summed E-state index contributed by atoms with van der Waals surface area (Å²) in [4.78, 5) is 0. The molecule has 1 atom stereocenters. The van der Waals surface area contributed by atoms with Gasteiger partial charge in [-0.3, -0.25) is 5.41 Å². The number of hydrogen-bond donors (Lipinski definition) is 2. The molecule has 0 spiro atoms. The summed E-state index contributed by atoms with van der Waals surface area (Å²) in [6.07, 6.45) is 0.474. The molecule has 2 rings (SSSR count). The molecule has 16 heavy (non-hydrogen) atoms. The summed E-state index contributed by atoms with van der Waals surface area (Å²) in [7, 11) is 0. The maximum absolute atomic E-state index is 10.1. The van der Waals surface area contributed by atoms with E-state index < -0.39 is 5.72 Å². The second-order valence-corrected chi connectivity index (χ2v) is 4.26. The first-order valence-electron chi connectivity index (χ1n) is 5.21. The van der Waals surface area contributed by atoms with Gasteiger partial charge in [-0.15, -0.1) is 0 Å². The monoisotopic (exact) mass is 217 g/mol. The minimum atomic E-state index is -1.09. The number of nitrogens with zero attached hydrogens (tertiary/aromatic N) is 2. The molecule has 0 saturated heterocycles. The first-order valence-corrected chi connectivity index (χ1v) is 5.21. The molecule has 0 fully saturated rings. The molecule has 0 aliphatic carbocycles. The summed E-state index contributed by atoms with van der Waals surface area (Å²) in [5.74, 6) is 0.224. The lowest BCUT2D eigenvalue weighted by molar-refractivity contribution is -0.0330. The predicted octanol–water partition coefficient (Wildman–Crippen LogP) is 1.80. The van der Waals surface area contributed by atoms with Crippen molar-refractivity contribution in [3.8, 4) is 0 Å². The van der Waals surface area contributed by atoms with Crippen LogP contribution in [0.2, 0.25) is 0 Å². The Bertz CT molecular complexity index is 437. The molecule has 0 radical (unpaired) electrons. The zero-order valence-electron chi connectivity index (χ0n) is 9.44. The maximum Gasteiger partial charge on any atom is 0.162 e. The highest BCUT2D eigenvalue weighted by atomic mass is 16.3. The smallest absolute Gasteiger partial charge is 0.162 e. The van der Waals surface area contributed by atoms with Crippen molar-refractivity contribution in [2.45, 2.75) is 26.0 Å². The van der Waals surface area contributed by atoms with Crippen LogP contribution in [0, 0.1) is 5.41 Å². The van der Waals surface area contributed by atoms with Crippen molar-refractivity contribution in [2.24, 2.45) is 5.10 Å². The molecule has 1 aromatic rings. The predicted molar refractivity (Wildman–Crippen MR) is 63.5 cm³/mol. The van der Waals surface area contributed by atoms with Crippen molar-refractivity contribution < 1.29 is 5.11 Å². The molecule has 2 N–H and O–H groups in total. The van der Waals surface area contributed by atoms with Gasteiger partial charge in [-0.1, -0.05) is 30.3 Å². The first kappa shape index (κ1) is 10.8. The summed E-state index contributed by atoms with van der Waals surface area (Å²) in [5, 5.41) is 23.7. The number of aliphatic hydroxyl groups is 1. The summed E-state index contributed by atoms with van der Waals surface area (Å²) in [6, 6.07) is 9.30. The van der Waals surface area contributed by atoms with Crippen molar-refractivity contribution in [1.29, 1.82) is 5.41 Å². The van der Waals surface area contributed by atoms with Gasteiger partial charge in [-0.25, -0.2) is 5.01 Å². The quantitative estimate of drug-likeness (QED) is 0.556. The zero-order chi connectivity index (χ0) is 11.8.